The molecule has 120 valence electrons. The molecule has 25 heavy (non-hydrogen) atoms. The van der Waals surface area contributed by atoms with Crippen LogP contribution in [-0.4, -0.2) is 8.56 Å². The van der Waals surface area contributed by atoms with Crippen LogP contribution in [0.25, 0.3) is 10.8 Å². The molecule has 1 heterocycles. The van der Waals surface area contributed by atoms with Gasteiger partial charge in [0.2, 0.25) is 0 Å². The summed E-state index contributed by atoms with van der Waals surface area (Å²) in [4.78, 5) is 0. The average Bonchev–Trinajstić information content (AvgIpc) is 2.69. The second kappa shape index (κ2) is 5.50. The maximum absolute atomic E-state index is 6.68. The fraction of sp³-hybridized carbons (Fsp3) is 0. The Balaban J connectivity index is 1.79. The van der Waals surface area contributed by atoms with Crippen LogP contribution < -0.4 is 19.2 Å². The Morgan fingerprint density at radius 1 is 0.480 bits per heavy atom. The number of hydrogen-bond acceptors (Lipinski definition) is 2. The zero-order valence-electron chi connectivity index (χ0n) is 13.6. The fourth-order valence-electron chi connectivity index (χ4n) is 3.49. The molecule has 0 saturated heterocycles. The summed E-state index contributed by atoms with van der Waals surface area (Å²) in [7, 11) is -2.86. The van der Waals surface area contributed by atoms with Gasteiger partial charge in [-0.15, -0.1) is 0 Å². The fourth-order valence-corrected chi connectivity index (χ4v) is 6.56. The Labute approximate surface area is 147 Å². The Morgan fingerprint density at radius 2 is 0.960 bits per heavy atom. The summed E-state index contributed by atoms with van der Waals surface area (Å²) < 4.78 is 13.4. The lowest BCUT2D eigenvalue weighted by atomic mass is 10.1. The van der Waals surface area contributed by atoms with Crippen LogP contribution in [0.5, 0.6) is 11.5 Å². The highest BCUT2D eigenvalue weighted by atomic mass is 28.4. The zero-order valence-corrected chi connectivity index (χ0v) is 14.6. The van der Waals surface area contributed by atoms with Crippen molar-refractivity contribution < 1.29 is 8.85 Å². The standard InChI is InChI=1S/C22H16O2Si/c1-3-11-18(12-4-1)25(19-13-5-2-6-14-19)23-20-15-7-9-17-10-8-16-21(24-25)22(17)20/h1-16H. The van der Waals surface area contributed by atoms with Gasteiger partial charge in [-0.2, -0.15) is 0 Å². The first kappa shape index (κ1) is 14.3. The molecule has 0 amide bonds. The quantitative estimate of drug-likeness (QED) is 0.516. The van der Waals surface area contributed by atoms with E-state index < -0.39 is 8.56 Å². The molecular formula is C22H16O2Si. The minimum Gasteiger partial charge on any atom is -0.505 e. The van der Waals surface area contributed by atoms with Gasteiger partial charge in [-0.3, -0.25) is 0 Å². The third-order valence-electron chi connectivity index (χ3n) is 4.64. The van der Waals surface area contributed by atoms with Gasteiger partial charge in [-0.05, 0) is 17.5 Å². The summed E-state index contributed by atoms with van der Waals surface area (Å²) in [5.41, 5.74) is 0. The van der Waals surface area contributed by atoms with Crippen molar-refractivity contribution in [3.8, 4) is 11.5 Å². The molecule has 0 N–H and O–H groups in total. The topological polar surface area (TPSA) is 18.5 Å². The van der Waals surface area contributed by atoms with E-state index >= 15 is 0 Å². The van der Waals surface area contributed by atoms with E-state index in [1.165, 1.54) is 0 Å². The smallest absolute Gasteiger partial charge is 0.505 e. The van der Waals surface area contributed by atoms with Gasteiger partial charge in [0.1, 0.15) is 11.5 Å². The predicted molar refractivity (Wildman–Crippen MR) is 103 cm³/mol. The van der Waals surface area contributed by atoms with E-state index in [9.17, 15) is 0 Å². The molecule has 3 heteroatoms. The van der Waals surface area contributed by atoms with E-state index in [2.05, 4.69) is 36.4 Å². The van der Waals surface area contributed by atoms with E-state index in [-0.39, 0.29) is 0 Å². The van der Waals surface area contributed by atoms with Gasteiger partial charge in [0.05, 0.1) is 5.39 Å². The molecule has 0 bridgehead atoms. The molecule has 4 aromatic rings. The van der Waals surface area contributed by atoms with Gasteiger partial charge in [-0.1, -0.05) is 84.9 Å². The Kier molecular flexibility index (Phi) is 3.15. The molecule has 2 nitrogen and oxygen atoms in total. The number of rotatable bonds is 2. The highest BCUT2D eigenvalue weighted by Gasteiger charge is 2.49. The summed E-state index contributed by atoms with van der Waals surface area (Å²) in [5.74, 6) is 1.80. The number of benzene rings is 4. The molecule has 0 aromatic heterocycles. The maximum Gasteiger partial charge on any atom is 0.531 e. The Bertz CT molecular complexity index is 963. The highest BCUT2D eigenvalue weighted by molar-refractivity contribution is 6.94. The summed E-state index contributed by atoms with van der Waals surface area (Å²) in [5, 5.41) is 4.40. The lowest BCUT2D eigenvalue weighted by molar-refractivity contribution is 0.407. The van der Waals surface area contributed by atoms with Crippen LogP contribution in [0, 0.1) is 0 Å². The molecule has 5 rings (SSSR count). The molecule has 0 radical (unpaired) electrons. The van der Waals surface area contributed by atoms with Crippen LogP contribution in [0.4, 0.5) is 0 Å². The van der Waals surface area contributed by atoms with Gasteiger partial charge in [0.25, 0.3) is 0 Å². The molecule has 0 saturated carbocycles. The van der Waals surface area contributed by atoms with Gasteiger partial charge in [-0.25, -0.2) is 0 Å². The second-order valence-electron chi connectivity index (χ2n) is 6.16. The first-order valence-corrected chi connectivity index (χ1v) is 10.2. The monoisotopic (exact) mass is 340 g/mol. The summed E-state index contributed by atoms with van der Waals surface area (Å²) in [6.07, 6.45) is 0. The predicted octanol–water partition coefficient (Wildman–Crippen LogP) is 3.87. The molecule has 0 aliphatic carbocycles. The van der Waals surface area contributed by atoms with Crippen LogP contribution >= 0.6 is 0 Å². The van der Waals surface area contributed by atoms with Crippen molar-refractivity contribution in [3.05, 3.63) is 97.1 Å². The van der Waals surface area contributed by atoms with Crippen molar-refractivity contribution in [3.63, 3.8) is 0 Å². The second-order valence-corrected chi connectivity index (χ2v) is 8.96. The third-order valence-corrected chi connectivity index (χ3v) is 7.84. The van der Waals surface area contributed by atoms with E-state index in [0.717, 1.165) is 32.6 Å². The van der Waals surface area contributed by atoms with Crippen LogP contribution in [-0.2, 0) is 0 Å². The Hall–Kier alpha value is -3.04. The van der Waals surface area contributed by atoms with Crippen LogP contribution in [0.15, 0.2) is 97.1 Å². The SMILES string of the molecule is c1ccc([Si]2(c3ccccc3)Oc3cccc4cccc(c34)O2)cc1. The third kappa shape index (κ3) is 2.17. The van der Waals surface area contributed by atoms with Crippen molar-refractivity contribution in [2.24, 2.45) is 0 Å². The van der Waals surface area contributed by atoms with Gasteiger partial charge < -0.3 is 8.85 Å². The van der Waals surface area contributed by atoms with Gasteiger partial charge in [0, 0.05) is 10.4 Å². The molecule has 0 atom stereocenters. The molecule has 0 unspecified atom stereocenters. The van der Waals surface area contributed by atoms with Crippen molar-refractivity contribution in [2.75, 3.05) is 0 Å². The molecular weight excluding hydrogens is 324 g/mol. The Morgan fingerprint density at radius 3 is 1.44 bits per heavy atom. The minimum absolute atomic E-state index is 0.902. The molecule has 0 spiro atoms. The normalized spacial score (nSPS) is 14.6. The maximum atomic E-state index is 6.68. The van der Waals surface area contributed by atoms with Crippen molar-refractivity contribution in [1.29, 1.82) is 0 Å². The number of hydrogen-bond donors (Lipinski definition) is 0. The first-order valence-electron chi connectivity index (χ1n) is 8.38. The summed E-state index contributed by atoms with van der Waals surface area (Å²) in [6.45, 7) is 0. The first-order chi connectivity index (χ1) is 12.4. The van der Waals surface area contributed by atoms with E-state index in [0.29, 0.717) is 0 Å². The van der Waals surface area contributed by atoms with Crippen molar-refractivity contribution in [1.82, 2.24) is 0 Å². The van der Waals surface area contributed by atoms with E-state index in [1.807, 2.05) is 60.7 Å². The lowest BCUT2D eigenvalue weighted by Crippen LogP contribution is -2.69. The van der Waals surface area contributed by atoms with Crippen LogP contribution in [0.3, 0.4) is 0 Å². The lowest BCUT2D eigenvalue weighted by Gasteiger charge is -2.36. The van der Waals surface area contributed by atoms with E-state index in [4.69, 9.17) is 8.85 Å². The van der Waals surface area contributed by atoms with Crippen LogP contribution in [0.1, 0.15) is 0 Å². The summed E-state index contributed by atoms with van der Waals surface area (Å²) in [6, 6.07) is 33.0. The largest absolute Gasteiger partial charge is 0.531 e. The minimum atomic E-state index is -2.86. The van der Waals surface area contributed by atoms with Crippen LogP contribution in [0.2, 0.25) is 0 Å². The van der Waals surface area contributed by atoms with Crippen molar-refractivity contribution in [2.45, 2.75) is 0 Å². The van der Waals surface area contributed by atoms with Gasteiger partial charge >= 0.3 is 8.56 Å². The highest BCUT2D eigenvalue weighted by Crippen LogP contribution is 2.39. The molecule has 1 aliphatic heterocycles. The zero-order chi connectivity index (χ0) is 16.7. The molecule has 1 aliphatic rings. The molecule has 4 aromatic carbocycles. The molecule has 0 fully saturated rings. The average molecular weight is 340 g/mol. The van der Waals surface area contributed by atoms with Gasteiger partial charge in [0.15, 0.2) is 0 Å². The summed E-state index contributed by atoms with van der Waals surface area (Å²) >= 11 is 0. The van der Waals surface area contributed by atoms with E-state index in [1.54, 1.807) is 0 Å². The van der Waals surface area contributed by atoms with Crippen molar-refractivity contribution >= 4 is 29.7 Å².